The Balaban J connectivity index is 0.000000963. The molecule has 3 fully saturated rings. The first-order chi connectivity index (χ1) is 7.29. The molecule has 1 amide bonds. The summed E-state index contributed by atoms with van der Waals surface area (Å²) in [7, 11) is 0. The molecule has 2 aliphatic heterocycles. The van der Waals surface area contributed by atoms with Gasteiger partial charge in [0.15, 0.2) is 0 Å². The Labute approximate surface area is 103 Å². The van der Waals surface area contributed by atoms with E-state index in [1.165, 1.54) is 19.3 Å². The molecule has 92 valence electrons. The average Bonchev–Trinajstić information content (AvgIpc) is 3.03. The molecule has 3 rings (SSSR count). The van der Waals surface area contributed by atoms with Crippen LogP contribution in [0.15, 0.2) is 0 Å². The summed E-state index contributed by atoms with van der Waals surface area (Å²) in [5, 5.41) is 3.41. The van der Waals surface area contributed by atoms with Gasteiger partial charge in [-0.15, -0.1) is 12.4 Å². The highest BCUT2D eigenvalue weighted by Gasteiger charge is 2.43. The first-order valence-electron chi connectivity index (χ1n) is 6.29. The molecule has 1 spiro atoms. The summed E-state index contributed by atoms with van der Waals surface area (Å²) in [6.07, 6.45) is 6.06. The maximum Gasteiger partial charge on any atom is 0.225 e. The van der Waals surface area contributed by atoms with Gasteiger partial charge in [0.05, 0.1) is 0 Å². The molecule has 0 aromatic carbocycles. The largest absolute Gasteiger partial charge is 0.342 e. The molecule has 0 aromatic heterocycles. The highest BCUT2D eigenvalue weighted by Crippen LogP contribution is 2.41. The van der Waals surface area contributed by atoms with E-state index in [0.29, 0.717) is 17.2 Å². The van der Waals surface area contributed by atoms with Crippen molar-refractivity contribution in [2.24, 2.45) is 11.3 Å². The molecule has 2 saturated heterocycles. The van der Waals surface area contributed by atoms with Crippen molar-refractivity contribution in [3.63, 3.8) is 0 Å². The van der Waals surface area contributed by atoms with Gasteiger partial charge < -0.3 is 10.2 Å². The van der Waals surface area contributed by atoms with E-state index in [1.807, 2.05) is 0 Å². The summed E-state index contributed by atoms with van der Waals surface area (Å²) >= 11 is 0. The zero-order chi connectivity index (χ0) is 10.3. The molecule has 2 heterocycles. The van der Waals surface area contributed by atoms with E-state index >= 15 is 0 Å². The minimum absolute atomic E-state index is 0. The summed E-state index contributed by atoms with van der Waals surface area (Å²) < 4.78 is 0. The van der Waals surface area contributed by atoms with E-state index in [4.69, 9.17) is 0 Å². The molecular formula is C12H21ClN2O. The standard InChI is InChI=1S/C12H20N2O.ClH/c15-11(10-1-2-10)14-8-5-12(9-14)3-6-13-7-4-12;/h10,13H,1-9H2;1H. The SMILES string of the molecule is Cl.O=C(C1CC1)N1CCC2(CCNCC2)C1. The second-order valence-electron chi connectivity index (χ2n) is 5.53. The molecule has 0 aromatic rings. The third-order valence-corrected chi connectivity index (χ3v) is 4.34. The summed E-state index contributed by atoms with van der Waals surface area (Å²) in [5.74, 6) is 0.854. The number of nitrogens with one attached hydrogen (secondary N) is 1. The van der Waals surface area contributed by atoms with Gasteiger partial charge >= 0.3 is 0 Å². The van der Waals surface area contributed by atoms with Crippen LogP contribution < -0.4 is 5.32 Å². The minimum atomic E-state index is 0. The number of hydrogen-bond acceptors (Lipinski definition) is 2. The van der Waals surface area contributed by atoms with Crippen molar-refractivity contribution in [1.29, 1.82) is 0 Å². The molecule has 0 unspecified atom stereocenters. The summed E-state index contributed by atoms with van der Waals surface area (Å²) in [6.45, 7) is 4.36. The Hall–Kier alpha value is -0.280. The molecule has 0 bridgehead atoms. The number of carbonyl (C=O) groups excluding carboxylic acids is 1. The fourth-order valence-corrected chi connectivity index (χ4v) is 3.08. The van der Waals surface area contributed by atoms with Gasteiger partial charge in [0.1, 0.15) is 0 Å². The Morgan fingerprint density at radius 3 is 2.50 bits per heavy atom. The lowest BCUT2D eigenvalue weighted by atomic mass is 9.78. The molecule has 4 heteroatoms. The highest BCUT2D eigenvalue weighted by atomic mass is 35.5. The number of carbonyl (C=O) groups is 1. The van der Waals surface area contributed by atoms with E-state index in [1.54, 1.807) is 0 Å². The van der Waals surface area contributed by atoms with Crippen LogP contribution >= 0.6 is 12.4 Å². The molecule has 0 radical (unpaired) electrons. The zero-order valence-corrected chi connectivity index (χ0v) is 10.5. The van der Waals surface area contributed by atoms with E-state index in [9.17, 15) is 4.79 Å². The van der Waals surface area contributed by atoms with E-state index in [0.717, 1.165) is 39.0 Å². The second-order valence-corrected chi connectivity index (χ2v) is 5.53. The van der Waals surface area contributed by atoms with Gasteiger partial charge in [-0.3, -0.25) is 4.79 Å². The third-order valence-electron chi connectivity index (χ3n) is 4.34. The van der Waals surface area contributed by atoms with Crippen LogP contribution in [0.25, 0.3) is 0 Å². The molecule has 1 saturated carbocycles. The van der Waals surface area contributed by atoms with Crippen LogP contribution in [0.1, 0.15) is 32.1 Å². The van der Waals surface area contributed by atoms with E-state index in [-0.39, 0.29) is 12.4 Å². The Bertz CT molecular complexity index is 272. The van der Waals surface area contributed by atoms with Crippen molar-refractivity contribution in [2.75, 3.05) is 26.2 Å². The molecule has 1 aliphatic carbocycles. The van der Waals surface area contributed by atoms with Crippen LogP contribution in [0, 0.1) is 11.3 Å². The Morgan fingerprint density at radius 2 is 1.88 bits per heavy atom. The fourth-order valence-electron chi connectivity index (χ4n) is 3.08. The van der Waals surface area contributed by atoms with E-state index < -0.39 is 0 Å². The molecular weight excluding hydrogens is 224 g/mol. The lowest BCUT2D eigenvalue weighted by Crippen LogP contribution is -2.40. The van der Waals surface area contributed by atoms with Crippen molar-refractivity contribution < 1.29 is 4.79 Å². The predicted octanol–water partition coefficient (Wildman–Crippen LogP) is 1.42. The van der Waals surface area contributed by atoms with Gasteiger partial charge in [0, 0.05) is 19.0 Å². The van der Waals surface area contributed by atoms with Crippen molar-refractivity contribution >= 4 is 18.3 Å². The maximum atomic E-state index is 11.9. The Morgan fingerprint density at radius 1 is 1.19 bits per heavy atom. The van der Waals surface area contributed by atoms with Gasteiger partial charge in [-0.25, -0.2) is 0 Å². The van der Waals surface area contributed by atoms with Crippen LogP contribution in [-0.2, 0) is 4.79 Å². The van der Waals surface area contributed by atoms with Gasteiger partial charge in [0.25, 0.3) is 0 Å². The number of likely N-dealkylation sites (tertiary alicyclic amines) is 1. The highest BCUT2D eigenvalue weighted by molar-refractivity contribution is 5.85. The number of piperidine rings is 1. The number of hydrogen-bond donors (Lipinski definition) is 1. The van der Waals surface area contributed by atoms with Crippen molar-refractivity contribution in [3.8, 4) is 0 Å². The van der Waals surface area contributed by atoms with Gasteiger partial charge in [-0.2, -0.15) is 0 Å². The summed E-state index contributed by atoms with van der Waals surface area (Å²) in [5.41, 5.74) is 0.482. The number of amides is 1. The normalized spacial score (nSPS) is 27.9. The monoisotopic (exact) mass is 244 g/mol. The molecule has 3 nitrogen and oxygen atoms in total. The number of rotatable bonds is 1. The maximum absolute atomic E-state index is 11.9. The quantitative estimate of drug-likeness (QED) is 0.757. The number of halogens is 1. The molecule has 3 aliphatic rings. The van der Waals surface area contributed by atoms with Crippen molar-refractivity contribution in [3.05, 3.63) is 0 Å². The zero-order valence-electron chi connectivity index (χ0n) is 9.71. The average molecular weight is 245 g/mol. The van der Waals surface area contributed by atoms with Crippen LogP contribution in [0.3, 0.4) is 0 Å². The van der Waals surface area contributed by atoms with E-state index in [2.05, 4.69) is 10.2 Å². The van der Waals surface area contributed by atoms with Crippen LogP contribution in [-0.4, -0.2) is 37.0 Å². The van der Waals surface area contributed by atoms with Crippen molar-refractivity contribution in [1.82, 2.24) is 10.2 Å². The molecule has 1 N–H and O–H groups in total. The minimum Gasteiger partial charge on any atom is -0.342 e. The summed E-state index contributed by atoms with van der Waals surface area (Å²) in [4.78, 5) is 14.1. The third kappa shape index (κ3) is 2.21. The molecule has 0 atom stereocenters. The lowest BCUT2D eigenvalue weighted by molar-refractivity contribution is -0.132. The summed E-state index contributed by atoms with van der Waals surface area (Å²) in [6, 6.07) is 0. The molecule has 16 heavy (non-hydrogen) atoms. The first kappa shape index (κ1) is 12.2. The topological polar surface area (TPSA) is 32.3 Å². The lowest BCUT2D eigenvalue weighted by Gasteiger charge is -2.33. The van der Waals surface area contributed by atoms with Gasteiger partial charge in [-0.1, -0.05) is 0 Å². The Kier molecular flexibility index (Phi) is 3.45. The van der Waals surface area contributed by atoms with Crippen LogP contribution in [0.2, 0.25) is 0 Å². The number of nitrogens with zero attached hydrogens (tertiary/aromatic N) is 1. The van der Waals surface area contributed by atoms with Gasteiger partial charge in [0.2, 0.25) is 5.91 Å². The van der Waals surface area contributed by atoms with Gasteiger partial charge in [-0.05, 0) is 50.6 Å². The van der Waals surface area contributed by atoms with Crippen LogP contribution in [0.4, 0.5) is 0 Å². The first-order valence-corrected chi connectivity index (χ1v) is 6.29. The predicted molar refractivity (Wildman–Crippen MR) is 65.7 cm³/mol. The fraction of sp³-hybridized carbons (Fsp3) is 0.917. The van der Waals surface area contributed by atoms with Crippen molar-refractivity contribution in [2.45, 2.75) is 32.1 Å². The van der Waals surface area contributed by atoms with Crippen LogP contribution in [0.5, 0.6) is 0 Å². The second kappa shape index (κ2) is 4.53. The smallest absolute Gasteiger partial charge is 0.225 e.